The average Bonchev–Trinajstić information content (AvgIpc) is 2.87. The zero-order chi connectivity index (χ0) is 13.0. The highest BCUT2D eigenvalue weighted by atomic mass is 32.1. The van der Waals surface area contributed by atoms with Crippen molar-refractivity contribution in [1.29, 1.82) is 0 Å². The lowest BCUT2D eigenvalue weighted by Gasteiger charge is -2.18. The number of aromatic nitrogens is 2. The van der Waals surface area contributed by atoms with Gasteiger partial charge in [0.2, 0.25) is 11.0 Å². The van der Waals surface area contributed by atoms with E-state index in [-0.39, 0.29) is 11.8 Å². The lowest BCUT2D eigenvalue weighted by atomic mass is 9.90. The maximum absolute atomic E-state index is 11.8. The summed E-state index contributed by atoms with van der Waals surface area (Å²) in [4.78, 5) is 11.8. The van der Waals surface area contributed by atoms with Crippen molar-refractivity contribution in [3.05, 3.63) is 5.01 Å². The minimum absolute atomic E-state index is 0.0343. The molecule has 1 amide bonds. The van der Waals surface area contributed by atoms with Crippen LogP contribution >= 0.6 is 11.3 Å². The van der Waals surface area contributed by atoms with E-state index in [1.807, 2.05) is 13.8 Å². The molecule has 1 N–H and O–H groups in total. The van der Waals surface area contributed by atoms with Crippen LogP contribution in [0.2, 0.25) is 0 Å². The molecule has 0 bridgehead atoms. The summed E-state index contributed by atoms with van der Waals surface area (Å²) in [6, 6.07) is 0. The quantitative estimate of drug-likeness (QED) is 0.907. The van der Waals surface area contributed by atoms with Crippen molar-refractivity contribution in [1.82, 2.24) is 10.2 Å². The largest absolute Gasteiger partial charge is 0.300 e. The first kappa shape index (κ1) is 13.5. The van der Waals surface area contributed by atoms with Gasteiger partial charge in [-0.3, -0.25) is 4.79 Å². The highest BCUT2D eigenvalue weighted by Gasteiger charge is 2.20. The summed E-state index contributed by atoms with van der Waals surface area (Å²) in [6.45, 7) is 3.94. The molecule has 5 heteroatoms. The first-order chi connectivity index (χ1) is 8.70. The van der Waals surface area contributed by atoms with Gasteiger partial charge in [-0.15, -0.1) is 10.2 Å². The Morgan fingerprint density at radius 3 is 2.78 bits per heavy atom. The second-order valence-electron chi connectivity index (χ2n) is 5.08. The molecule has 1 unspecified atom stereocenters. The molecule has 1 saturated carbocycles. The van der Waals surface area contributed by atoms with Gasteiger partial charge in [0.1, 0.15) is 5.01 Å². The fraction of sp³-hybridized carbons (Fsp3) is 0.769. The van der Waals surface area contributed by atoms with E-state index >= 15 is 0 Å². The van der Waals surface area contributed by atoms with E-state index in [0.717, 1.165) is 11.4 Å². The van der Waals surface area contributed by atoms with Crippen LogP contribution in [-0.4, -0.2) is 16.1 Å². The van der Waals surface area contributed by atoms with Crippen LogP contribution in [0.5, 0.6) is 0 Å². The molecule has 2 rings (SSSR count). The van der Waals surface area contributed by atoms with Gasteiger partial charge >= 0.3 is 0 Å². The molecule has 4 nitrogen and oxygen atoms in total. The summed E-state index contributed by atoms with van der Waals surface area (Å²) in [5, 5.41) is 12.9. The number of nitrogens with one attached hydrogen (secondary N) is 1. The van der Waals surface area contributed by atoms with Crippen molar-refractivity contribution in [2.45, 2.75) is 58.3 Å². The van der Waals surface area contributed by atoms with Crippen molar-refractivity contribution >= 4 is 22.4 Å². The second kappa shape index (κ2) is 6.27. The van der Waals surface area contributed by atoms with Crippen LogP contribution in [0.4, 0.5) is 5.13 Å². The van der Waals surface area contributed by atoms with Crippen LogP contribution in [0.25, 0.3) is 0 Å². The van der Waals surface area contributed by atoms with E-state index in [0.29, 0.717) is 11.0 Å². The van der Waals surface area contributed by atoms with Crippen molar-refractivity contribution in [3.8, 4) is 0 Å². The minimum Gasteiger partial charge on any atom is -0.300 e. The lowest BCUT2D eigenvalue weighted by Crippen LogP contribution is -2.19. The first-order valence-corrected chi connectivity index (χ1v) is 7.66. The highest BCUT2D eigenvalue weighted by Crippen LogP contribution is 2.35. The molecule has 0 saturated heterocycles. The van der Waals surface area contributed by atoms with Crippen LogP contribution in [0.15, 0.2) is 0 Å². The summed E-state index contributed by atoms with van der Waals surface area (Å²) in [7, 11) is 0. The molecular weight excluding hydrogens is 246 g/mol. The molecule has 100 valence electrons. The molecule has 0 aromatic carbocycles. The number of hydrogen-bond acceptors (Lipinski definition) is 4. The zero-order valence-electron chi connectivity index (χ0n) is 11.1. The third-order valence-electron chi connectivity index (χ3n) is 3.69. The molecule has 1 aromatic rings. The third-order valence-corrected chi connectivity index (χ3v) is 4.69. The van der Waals surface area contributed by atoms with Crippen LogP contribution in [0, 0.1) is 5.92 Å². The summed E-state index contributed by atoms with van der Waals surface area (Å²) >= 11 is 1.54. The maximum Gasteiger partial charge on any atom is 0.229 e. The van der Waals surface area contributed by atoms with Crippen molar-refractivity contribution < 1.29 is 4.79 Å². The van der Waals surface area contributed by atoms with Crippen molar-refractivity contribution in [3.63, 3.8) is 0 Å². The molecule has 1 aliphatic carbocycles. The van der Waals surface area contributed by atoms with E-state index in [4.69, 9.17) is 0 Å². The Balaban J connectivity index is 1.95. The van der Waals surface area contributed by atoms with E-state index in [1.165, 1.54) is 32.1 Å². The van der Waals surface area contributed by atoms with Gasteiger partial charge in [0.25, 0.3) is 0 Å². The normalized spacial score (nSPS) is 18.6. The minimum atomic E-state index is 0.0343. The molecule has 1 aliphatic rings. The van der Waals surface area contributed by atoms with Gasteiger partial charge in [-0.05, 0) is 19.3 Å². The summed E-state index contributed by atoms with van der Waals surface area (Å²) in [5.41, 5.74) is 0. The van der Waals surface area contributed by atoms with E-state index in [9.17, 15) is 4.79 Å². The van der Waals surface area contributed by atoms with Gasteiger partial charge < -0.3 is 5.32 Å². The SMILES string of the molecule is CCC(C)C(=O)Nc1nnc(C2CCCCC2)s1. The Kier molecular flexibility index (Phi) is 4.69. The van der Waals surface area contributed by atoms with Gasteiger partial charge in [0, 0.05) is 11.8 Å². The number of hydrogen-bond donors (Lipinski definition) is 1. The van der Waals surface area contributed by atoms with E-state index in [1.54, 1.807) is 11.3 Å². The van der Waals surface area contributed by atoms with Crippen molar-refractivity contribution in [2.75, 3.05) is 5.32 Å². The molecular formula is C13H21N3OS. The third kappa shape index (κ3) is 3.28. The molecule has 0 radical (unpaired) electrons. The Bertz CT molecular complexity index is 399. The lowest BCUT2D eigenvalue weighted by molar-refractivity contribution is -0.119. The van der Waals surface area contributed by atoms with Gasteiger partial charge in [-0.1, -0.05) is 44.4 Å². The number of amides is 1. The zero-order valence-corrected chi connectivity index (χ0v) is 11.9. The molecule has 1 fully saturated rings. The number of anilines is 1. The molecule has 18 heavy (non-hydrogen) atoms. The van der Waals surface area contributed by atoms with Crippen LogP contribution in [0.1, 0.15) is 63.3 Å². The molecule has 1 heterocycles. The standard InChI is InChI=1S/C13H21N3OS/c1-3-9(2)11(17)14-13-16-15-12(18-13)10-7-5-4-6-8-10/h9-10H,3-8H2,1-2H3,(H,14,16,17). The smallest absolute Gasteiger partial charge is 0.229 e. The van der Waals surface area contributed by atoms with Crippen molar-refractivity contribution in [2.24, 2.45) is 5.92 Å². The Hall–Kier alpha value is -0.970. The van der Waals surface area contributed by atoms with Gasteiger partial charge in [-0.2, -0.15) is 0 Å². The summed E-state index contributed by atoms with van der Waals surface area (Å²) in [6.07, 6.45) is 7.20. The Labute approximate surface area is 112 Å². The van der Waals surface area contributed by atoms with Gasteiger partial charge in [0.05, 0.1) is 0 Å². The fourth-order valence-corrected chi connectivity index (χ4v) is 3.13. The maximum atomic E-state index is 11.8. The van der Waals surface area contributed by atoms with E-state index < -0.39 is 0 Å². The Morgan fingerprint density at radius 2 is 2.11 bits per heavy atom. The average molecular weight is 267 g/mol. The van der Waals surface area contributed by atoms with Crippen LogP contribution < -0.4 is 5.32 Å². The van der Waals surface area contributed by atoms with Gasteiger partial charge in [-0.25, -0.2) is 0 Å². The fourth-order valence-electron chi connectivity index (χ4n) is 2.21. The van der Waals surface area contributed by atoms with Crippen LogP contribution in [0.3, 0.4) is 0 Å². The highest BCUT2D eigenvalue weighted by molar-refractivity contribution is 7.15. The number of nitrogens with zero attached hydrogens (tertiary/aromatic N) is 2. The molecule has 0 spiro atoms. The first-order valence-electron chi connectivity index (χ1n) is 6.85. The molecule has 1 aromatic heterocycles. The van der Waals surface area contributed by atoms with Crippen LogP contribution in [-0.2, 0) is 4.79 Å². The molecule has 1 atom stereocenters. The van der Waals surface area contributed by atoms with E-state index in [2.05, 4.69) is 15.5 Å². The van der Waals surface area contributed by atoms with Gasteiger partial charge in [0.15, 0.2) is 0 Å². The summed E-state index contributed by atoms with van der Waals surface area (Å²) < 4.78 is 0. The molecule has 0 aliphatic heterocycles. The predicted molar refractivity (Wildman–Crippen MR) is 73.8 cm³/mol. The number of rotatable bonds is 4. The number of carbonyl (C=O) groups is 1. The topological polar surface area (TPSA) is 54.9 Å². The number of carbonyl (C=O) groups excluding carboxylic acids is 1. The predicted octanol–water partition coefficient (Wildman–Crippen LogP) is 3.57. The second-order valence-corrected chi connectivity index (χ2v) is 6.09. The summed E-state index contributed by atoms with van der Waals surface area (Å²) in [5.74, 6) is 0.640. The monoisotopic (exact) mass is 267 g/mol. The Morgan fingerprint density at radius 1 is 1.39 bits per heavy atom.